The summed E-state index contributed by atoms with van der Waals surface area (Å²) >= 11 is 0. The van der Waals surface area contributed by atoms with Crippen molar-refractivity contribution in [1.29, 1.82) is 0 Å². The van der Waals surface area contributed by atoms with Gasteiger partial charge >= 0.3 is 5.97 Å². The van der Waals surface area contributed by atoms with E-state index < -0.39 is 11.9 Å². The average molecular weight is 357 g/mol. The quantitative estimate of drug-likeness (QED) is 0.842. The number of esters is 1. The van der Waals surface area contributed by atoms with E-state index in [1.165, 1.54) is 7.11 Å². The van der Waals surface area contributed by atoms with Gasteiger partial charge in [-0.25, -0.2) is 4.79 Å². The molecule has 0 fully saturated rings. The minimum Gasteiger partial charge on any atom is -0.466 e. The van der Waals surface area contributed by atoms with Crippen molar-refractivity contribution in [3.63, 3.8) is 0 Å². The summed E-state index contributed by atoms with van der Waals surface area (Å²) in [6, 6.07) is 0. The number of aromatic nitrogens is 2. The molecule has 140 valence electrons. The predicted molar refractivity (Wildman–Crippen MR) is 98.3 cm³/mol. The van der Waals surface area contributed by atoms with Gasteiger partial charge < -0.3 is 10.1 Å². The molecule has 0 amide bonds. The summed E-state index contributed by atoms with van der Waals surface area (Å²) in [6.45, 7) is 10.8. The molecular weight excluding hydrogens is 330 g/mol. The van der Waals surface area contributed by atoms with Gasteiger partial charge in [-0.2, -0.15) is 5.10 Å². The SMILES string of the molecule is CCn1ncc([C@@H]2C(C(=O)OC)=C(C)NC3=C2C(=O)CC(C)(C)C3)c1C. The molecule has 0 aromatic carbocycles. The molecule has 1 aliphatic carbocycles. The van der Waals surface area contributed by atoms with Crippen molar-refractivity contribution in [2.24, 2.45) is 5.41 Å². The molecule has 0 bridgehead atoms. The summed E-state index contributed by atoms with van der Waals surface area (Å²) < 4.78 is 6.93. The summed E-state index contributed by atoms with van der Waals surface area (Å²) in [5.41, 5.74) is 4.62. The zero-order valence-electron chi connectivity index (χ0n) is 16.4. The summed E-state index contributed by atoms with van der Waals surface area (Å²) in [4.78, 5) is 25.7. The number of nitrogens with one attached hydrogen (secondary N) is 1. The highest BCUT2D eigenvalue weighted by atomic mass is 16.5. The average Bonchev–Trinajstić information content (AvgIpc) is 2.92. The number of nitrogens with zero attached hydrogens (tertiary/aromatic N) is 2. The second-order valence-electron chi connectivity index (χ2n) is 7.92. The van der Waals surface area contributed by atoms with Crippen molar-refractivity contribution in [1.82, 2.24) is 15.1 Å². The van der Waals surface area contributed by atoms with Crippen LogP contribution in [0.2, 0.25) is 0 Å². The monoisotopic (exact) mass is 357 g/mol. The molecular formula is C20H27N3O3. The molecule has 0 saturated carbocycles. The topological polar surface area (TPSA) is 73.2 Å². The number of allylic oxidation sites excluding steroid dienone is 3. The summed E-state index contributed by atoms with van der Waals surface area (Å²) in [5.74, 6) is -0.748. The molecule has 0 spiro atoms. The molecule has 1 aromatic heterocycles. The van der Waals surface area contributed by atoms with Gasteiger partial charge in [-0.15, -0.1) is 0 Å². The van der Waals surface area contributed by atoms with E-state index in [0.29, 0.717) is 17.6 Å². The van der Waals surface area contributed by atoms with E-state index in [9.17, 15) is 9.59 Å². The fraction of sp³-hybridized carbons (Fsp3) is 0.550. The van der Waals surface area contributed by atoms with Crippen molar-refractivity contribution < 1.29 is 14.3 Å². The van der Waals surface area contributed by atoms with E-state index in [1.54, 1.807) is 6.20 Å². The van der Waals surface area contributed by atoms with Crippen molar-refractivity contribution >= 4 is 11.8 Å². The zero-order valence-corrected chi connectivity index (χ0v) is 16.4. The molecule has 1 N–H and O–H groups in total. The van der Waals surface area contributed by atoms with E-state index in [1.807, 2.05) is 25.5 Å². The lowest BCUT2D eigenvalue weighted by Gasteiger charge is -2.39. The van der Waals surface area contributed by atoms with Gasteiger partial charge in [0.25, 0.3) is 0 Å². The normalized spacial score (nSPS) is 22.2. The number of carbonyl (C=O) groups is 2. The molecule has 0 unspecified atom stereocenters. The first-order valence-corrected chi connectivity index (χ1v) is 9.04. The van der Waals surface area contributed by atoms with Crippen LogP contribution in [0.15, 0.2) is 28.7 Å². The highest BCUT2D eigenvalue weighted by Crippen LogP contribution is 2.47. The van der Waals surface area contributed by atoms with Crippen LogP contribution >= 0.6 is 0 Å². The Morgan fingerprint density at radius 1 is 1.38 bits per heavy atom. The number of rotatable bonds is 3. The Morgan fingerprint density at radius 3 is 2.65 bits per heavy atom. The van der Waals surface area contributed by atoms with Crippen molar-refractivity contribution in [2.75, 3.05) is 7.11 Å². The lowest BCUT2D eigenvalue weighted by Crippen LogP contribution is -2.38. The third-order valence-corrected chi connectivity index (χ3v) is 5.40. The summed E-state index contributed by atoms with van der Waals surface area (Å²) in [6.07, 6.45) is 3.03. The molecule has 0 radical (unpaired) electrons. The standard InChI is InChI=1S/C20H27N3O3/c1-7-23-12(3)13(10-21-23)17-16(19(25)26-6)11(2)22-14-8-20(4,5)9-15(24)18(14)17/h10,17,22H,7-9H2,1-6H3/t17-/m1/s1. The Bertz CT molecular complexity index is 842. The van der Waals surface area contributed by atoms with Crippen molar-refractivity contribution in [3.8, 4) is 0 Å². The molecule has 2 heterocycles. The van der Waals surface area contributed by atoms with Gasteiger partial charge in [0.05, 0.1) is 24.8 Å². The Kier molecular flexibility index (Phi) is 4.54. The molecule has 6 nitrogen and oxygen atoms in total. The fourth-order valence-corrected chi connectivity index (χ4v) is 4.19. The first kappa shape index (κ1) is 18.4. The smallest absolute Gasteiger partial charge is 0.336 e. The van der Waals surface area contributed by atoms with E-state index >= 15 is 0 Å². The van der Waals surface area contributed by atoms with Crippen LogP contribution in [-0.4, -0.2) is 28.6 Å². The maximum absolute atomic E-state index is 13.1. The van der Waals surface area contributed by atoms with Gasteiger partial charge in [-0.1, -0.05) is 13.8 Å². The van der Waals surface area contributed by atoms with Gasteiger partial charge in [-0.3, -0.25) is 9.48 Å². The molecule has 2 aliphatic rings. The number of aryl methyl sites for hydroxylation is 1. The molecule has 1 atom stereocenters. The highest BCUT2D eigenvalue weighted by Gasteiger charge is 2.43. The van der Waals surface area contributed by atoms with Gasteiger partial charge in [-0.05, 0) is 32.6 Å². The Balaban J connectivity index is 2.23. The molecule has 3 rings (SSSR count). The second-order valence-corrected chi connectivity index (χ2v) is 7.92. The number of hydrogen-bond donors (Lipinski definition) is 1. The minimum absolute atomic E-state index is 0.0892. The zero-order chi connectivity index (χ0) is 19.2. The number of Topliss-reactive ketones (excluding diaryl/α,β-unsaturated/α-hetero) is 1. The summed E-state index contributed by atoms with van der Waals surface area (Å²) in [7, 11) is 1.37. The number of dihydropyridines is 1. The van der Waals surface area contributed by atoms with Crippen molar-refractivity contribution in [3.05, 3.63) is 40.0 Å². The Hall–Kier alpha value is -2.37. The number of methoxy groups -OCH3 is 1. The Morgan fingerprint density at radius 2 is 2.08 bits per heavy atom. The fourth-order valence-electron chi connectivity index (χ4n) is 4.19. The van der Waals surface area contributed by atoms with Crippen LogP contribution in [0.1, 0.15) is 57.7 Å². The van der Waals surface area contributed by atoms with Crippen LogP contribution in [-0.2, 0) is 20.9 Å². The number of ether oxygens (including phenoxy) is 1. The van der Waals surface area contributed by atoms with Gasteiger partial charge in [0, 0.05) is 41.2 Å². The van der Waals surface area contributed by atoms with Gasteiger partial charge in [0.2, 0.25) is 0 Å². The number of hydrogen-bond acceptors (Lipinski definition) is 5. The predicted octanol–water partition coefficient (Wildman–Crippen LogP) is 2.99. The molecule has 26 heavy (non-hydrogen) atoms. The van der Waals surface area contributed by atoms with Crippen LogP contribution in [0.4, 0.5) is 0 Å². The van der Waals surface area contributed by atoms with Crippen LogP contribution in [0.3, 0.4) is 0 Å². The molecule has 1 aliphatic heterocycles. The van der Waals surface area contributed by atoms with E-state index in [4.69, 9.17) is 4.74 Å². The Labute approximate surface area is 154 Å². The number of carbonyl (C=O) groups excluding carboxylic acids is 2. The van der Waals surface area contributed by atoms with Crippen LogP contribution in [0.25, 0.3) is 0 Å². The minimum atomic E-state index is -0.428. The van der Waals surface area contributed by atoms with Crippen LogP contribution in [0.5, 0.6) is 0 Å². The highest BCUT2D eigenvalue weighted by molar-refractivity contribution is 6.04. The van der Waals surface area contributed by atoms with Crippen LogP contribution in [0, 0.1) is 12.3 Å². The van der Waals surface area contributed by atoms with Gasteiger partial charge in [0.1, 0.15) is 0 Å². The molecule has 1 aromatic rings. The lowest BCUT2D eigenvalue weighted by atomic mass is 9.68. The first-order chi connectivity index (χ1) is 12.2. The largest absolute Gasteiger partial charge is 0.466 e. The van der Waals surface area contributed by atoms with E-state index in [2.05, 4.69) is 24.3 Å². The van der Waals surface area contributed by atoms with E-state index in [0.717, 1.165) is 35.6 Å². The lowest BCUT2D eigenvalue weighted by molar-refractivity contribution is -0.136. The molecule has 0 saturated heterocycles. The maximum Gasteiger partial charge on any atom is 0.336 e. The summed E-state index contributed by atoms with van der Waals surface area (Å²) in [5, 5.41) is 7.75. The maximum atomic E-state index is 13.1. The third kappa shape index (κ3) is 2.87. The first-order valence-electron chi connectivity index (χ1n) is 9.04. The van der Waals surface area contributed by atoms with E-state index in [-0.39, 0.29) is 11.2 Å². The van der Waals surface area contributed by atoms with Crippen LogP contribution < -0.4 is 5.32 Å². The third-order valence-electron chi connectivity index (χ3n) is 5.40. The second kappa shape index (κ2) is 6.41. The number of ketones is 1. The molecule has 6 heteroatoms. The van der Waals surface area contributed by atoms with Crippen molar-refractivity contribution in [2.45, 2.75) is 59.9 Å². The van der Waals surface area contributed by atoms with Gasteiger partial charge in [0.15, 0.2) is 5.78 Å².